The van der Waals surface area contributed by atoms with E-state index in [0.717, 1.165) is 6.08 Å². The maximum absolute atomic E-state index is 9.47. The second-order valence-corrected chi connectivity index (χ2v) is 0.741. The number of rotatable bonds is 1. The molecule has 33 valence electrons. The monoisotopic (exact) mass is 85.0 g/mol. The Hall–Kier alpha value is -0.790. The second kappa shape index (κ2) is 2.45. The van der Waals surface area contributed by atoms with E-state index in [1.54, 1.807) is 0 Å². The van der Waals surface area contributed by atoms with Crippen LogP contribution in [0.5, 0.6) is 0 Å². The fraction of sp³-hybridized carbons (Fsp3) is 0. The molecule has 0 spiro atoms. The average molecular weight is 85.1 g/mol. The molecule has 6 heavy (non-hydrogen) atoms. The highest BCUT2D eigenvalue weighted by atomic mass is 16.4. The third kappa shape index (κ3) is 3.21. The summed E-state index contributed by atoms with van der Waals surface area (Å²) in [5.41, 5.74) is 0. The number of hydrogen-bond donors (Lipinski definition) is 1. The maximum Gasteiger partial charge on any atom is 0.327 e. The van der Waals surface area contributed by atoms with Gasteiger partial charge in [0.1, 0.15) is 0 Å². The molecular formula is C4H5O2. The van der Waals surface area contributed by atoms with E-state index in [-0.39, 0.29) is 0 Å². The van der Waals surface area contributed by atoms with Crippen molar-refractivity contribution in [3.63, 3.8) is 0 Å². The fourth-order valence-electron chi connectivity index (χ4n) is 0.101. The van der Waals surface area contributed by atoms with Crippen LogP contribution < -0.4 is 0 Å². The highest BCUT2D eigenvalue weighted by Crippen LogP contribution is 1.64. The quantitative estimate of drug-likeness (QED) is 0.470. The van der Waals surface area contributed by atoms with Crippen molar-refractivity contribution in [1.29, 1.82) is 0 Å². The maximum atomic E-state index is 9.47. The van der Waals surface area contributed by atoms with E-state index < -0.39 is 5.97 Å². The Labute approximate surface area is 36.1 Å². The van der Waals surface area contributed by atoms with Gasteiger partial charge in [0.25, 0.3) is 0 Å². The van der Waals surface area contributed by atoms with Gasteiger partial charge in [0.15, 0.2) is 0 Å². The molecule has 0 aliphatic heterocycles. The molecule has 0 bridgehead atoms. The minimum absolute atomic E-state index is 0.954. The molecule has 0 saturated heterocycles. The molecule has 0 aliphatic rings. The predicted molar refractivity (Wildman–Crippen MR) is 22.1 cm³/mol. The molecule has 0 aromatic rings. The van der Waals surface area contributed by atoms with Crippen LogP contribution in [0.25, 0.3) is 0 Å². The van der Waals surface area contributed by atoms with Crippen LogP contribution in [0.15, 0.2) is 12.2 Å². The highest BCUT2D eigenvalue weighted by molar-refractivity contribution is 5.79. The number of carbonyl (C=O) groups is 1. The summed E-state index contributed by atoms with van der Waals surface area (Å²) in [6.45, 7) is 3.16. The lowest BCUT2D eigenvalue weighted by atomic mass is 10.5. The Balaban J connectivity index is 3.30. The van der Waals surface area contributed by atoms with Crippen LogP contribution in [-0.4, -0.2) is 11.1 Å². The predicted octanol–water partition coefficient (Wildman–Crippen LogP) is 0.461. The van der Waals surface area contributed by atoms with E-state index in [4.69, 9.17) is 5.11 Å². The molecule has 2 heteroatoms. The first kappa shape index (κ1) is 5.21. The van der Waals surface area contributed by atoms with Gasteiger partial charge in [-0.1, -0.05) is 6.08 Å². The van der Waals surface area contributed by atoms with Crippen LogP contribution in [0.2, 0.25) is 0 Å². The zero-order valence-corrected chi connectivity index (χ0v) is 3.22. The van der Waals surface area contributed by atoms with Crippen LogP contribution >= 0.6 is 0 Å². The molecule has 0 amide bonds. The lowest BCUT2D eigenvalue weighted by Gasteiger charge is -1.68. The number of hydrogen-bond acceptors (Lipinski definition) is 1. The molecule has 0 heterocycles. The van der Waals surface area contributed by atoms with E-state index in [9.17, 15) is 4.79 Å². The van der Waals surface area contributed by atoms with Crippen molar-refractivity contribution in [1.82, 2.24) is 0 Å². The topological polar surface area (TPSA) is 37.3 Å². The summed E-state index contributed by atoms with van der Waals surface area (Å²) in [6, 6.07) is 0. The Morgan fingerprint density at radius 3 is 2.33 bits per heavy atom. The standard InChI is InChI=1S/C4H5O2/c1-2-3-4(5)6/h2-3H,1H2,(H,5,6)/b3-2+. The number of carboxylic acid groups (broad SMARTS) is 1. The summed E-state index contributed by atoms with van der Waals surface area (Å²) in [5.74, 6) is -0.954. The molecule has 0 aliphatic carbocycles. The average Bonchev–Trinajstić information content (AvgIpc) is 1.35. The Morgan fingerprint density at radius 2 is 2.33 bits per heavy atom. The van der Waals surface area contributed by atoms with Crippen LogP contribution in [0, 0.1) is 6.92 Å². The number of allylic oxidation sites excluding steroid dienone is 1. The first-order valence-electron chi connectivity index (χ1n) is 1.46. The molecule has 1 N–H and O–H groups in total. The number of aliphatic carboxylic acids is 1. The van der Waals surface area contributed by atoms with Gasteiger partial charge in [0.2, 0.25) is 0 Å². The molecular weight excluding hydrogens is 80.0 g/mol. The van der Waals surface area contributed by atoms with Gasteiger partial charge in [-0.3, -0.25) is 0 Å². The van der Waals surface area contributed by atoms with Crippen molar-refractivity contribution in [2.75, 3.05) is 0 Å². The molecule has 0 rings (SSSR count). The lowest BCUT2D eigenvalue weighted by Crippen LogP contribution is -1.83. The van der Waals surface area contributed by atoms with Gasteiger partial charge < -0.3 is 5.11 Å². The zero-order chi connectivity index (χ0) is 4.99. The minimum Gasteiger partial charge on any atom is -0.478 e. The van der Waals surface area contributed by atoms with Crippen molar-refractivity contribution < 1.29 is 9.90 Å². The molecule has 0 saturated carbocycles. The highest BCUT2D eigenvalue weighted by Gasteiger charge is 1.76. The SMILES string of the molecule is [CH2]/C=C/C(=O)O. The molecule has 0 aromatic heterocycles. The summed E-state index contributed by atoms with van der Waals surface area (Å²) in [7, 11) is 0. The Morgan fingerprint density at radius 1 is 1.83 bits per heavy atom. The fourth-order valence-corrected chi connectivity index (χ4v) is 0.101. The van der Waals surface area contributed by atoms with Crippen molar-refractivity contribution in [2.45, 2.75) is 0 Å². The molecule has 0 fully saturated rings. The van der Waals surface area contributed by atoms with Gasteiger partial charge in [-0.2, -0.15) is 0 Å². The van der Waals surface area contributed by atoms with E-state index in [1.165, 1.54) is 6.08 Å². The van der Waals surface area contributed by atoms with Crippen LogP contribution in [0.3, 0.4) is 0 Å². The van der Waals surface area contributed by atoms with Gasteiger partial charge in [-0.05, 0) is 6.92 Å². The van der Waals surface area contributed by atoms with E-state index >= 15 is 0 Å². The van der Waals surface area contributed by atoms with Gasteiger partial charge in [-0.15, -0.1) is 0 Å². The first-order valence-corrected chi connectivity index (χ1v) is 1.46. The summed E-state index contributed by atoms with van der Waals surface area (Å²) in [6.07, 6.45) is 2.20. The van der Waals surface area contributed by atoms with Gasteiger partial charge >= 0.3 is 5.97 Å². The van der Waals surface area contributed by atoms with E-state index in [2.05, 4.69) is 6.92 Å². The molecule has 1 radical (unpaired) electrons. The van der Waals surface area contributed by atoms with Crippen molar-refractivity contribution >= 4 is 5.97 Å². The van der Waals surface area contributed by atoms with E-state index in [0.29, 0.717) is 0 Å². The van der Waals surface area contributed by atoms with Gasteiger partial charge in [-0.25, -0.2) is 4.79 Å². The summed E-state index contributed by atoms with van der Waals surface area (Å²) >= 11 is 0. The Bertz CT molecular complexity index is 73.6. The van der Waals surface area contributed by atoms with Gasteiger partial charge in [0, 0.05) is 6.08 Å². The minimum atomic E-state index is -0.954. The normalized spacial score (nSPS) is 9.50. The second-order valence-electron chi connectivity index (χ2n) is 0.741. The summed E-state index contributed by atoms with van der Waals surface area (Å²) < 4.78 is 0. The molecule has 0 aromatic carbocycles. The first-order chi connectivity index (χ1) is 2.77. The van der Waals surface area contributed by atoms with Crippen LogP contribution in [0.4, 0.5) is 0 Å². The third-order valence-electron chi connectivity index (χ3n) is 0.260. The van der Waals surface area contributed by atoms with Crippen LogP contribution in [-0.2, 0) is 4.79 Å². The molecule has 0 atom stereocenters. The number of carboxylic acids is 1. The summed E-state index contributed by atoms with van der Waals surface area (Å²) in [5, 5.41) is 7.79. The molecule has 2 nitrogen and oxygen atoms in total. The van der Waals surface area contributed by atoms with Crippen molar-refractivity contribution in [3.8, 4) is 0 Å². The van der Waals surface area contributed by atoms with Crippen molar-refractivity contribution in [3.05, 3.63) is 19.1 Å². The lowest BCUT2D eigenvalue weighted by molar-refractivity contribution is -0.131. The zero-order valence-electron chi connectivity index (χ0n) is 3.22. The van der Waals surface area contributed by atoms with Crippen molar-refractivity contribution in [2.24, 2.45) is 0 Å². The third-order valence-corrected chi connectivity index (χ3v) is 0.260. The largest absolute Gasteiger partial charge is 0.478 e. The smallest absolute Gasteiger partial charge is 0.327 e. The van der Waals surface area contributed by atoms with Gasteiger partial charge in [0.05, 0.1) is 0 Å². The summed E-state index contributed by atoms with van der Waals surface area (Å²) in [4.78, 5) is 9.47. The van der Waals surface area contributed by atoms with E-state index in [1.807, 2.05) is 0 Å². The molecule has 0 unspecified atom stereocenters. The van der Waals surface area contributed by atoms with Crippen LogP contribution in [0.1, 0.15) is 0 Å². The Kier molecular flexibility index (Phi) is 2.13.